The quantitative estimate of drug-likeness (QED) is 0.858. The molecule has 0 aliphatic heterocycles. The number of aryl methyl sites for hydroxylation is 2. The number of thioether (sulfide) groups is 1. The minimum absolute atomic E-state index is 0.506. The number of nitrogens with two attached hydrogens (primary N) is 1. The molecule has 2 N–H and O–H groups in total. The van der Waals surface area contributed by atoms with Gasteiger partial charge in [-0.25, -0.2) is 0 Å². The third-order valence-corrected chi connectivity index (χ3v) is 3.54. The van der Waals surface area contributed by atoms with Crippen LogP contribution in [0, 0.1) is 13.8 Å². The Morgan fingerprint density at radius 2 is 2.11 bits per heavy atom. The van der Waals surface area contributed by atoms with E-state index in [0.717, 1.165) is 34.0 Å². The average Bonchev–Trinajstić information content (AvgIpc) is 2.79. The first-order valence-electron chi connectivity index (χ1n) is 5.89. The molecule has 0 amide bonds. The molecule has 1 heterocycles. The molecule has 0 unspecified atom stereocenters. The average molecular weight is 263 g/mol. The SMILES string of the molecule is CCSCc1noc(-c2cc(C)cc(C)c2N)n1. The van der Waals surface area contributed by atoms with Crippen molar-refractivity contribution in [2.24, 2.45) is 0 Å². The molecule has 5 heteroatoms. The summed E-state index contributed by atoms with van der Waals surface area (Å²) >= 11 is 1.76. The Labute approximate surface area is 111 Å². The van der Waals surface area contributed by atoms with Crippen LogP contribution in [-0.2, 0) is 5.75 Å². The lowest BCUT2D eigenvalue weighted by molar-refractivity contribution is 0.425. The van der Waals surface area contributed by atoms with Crippen LogP contribution in [0.2, 0.25) is 0 Å². The standard InChI is InChI=1S/C13H17N3OS/c1-4-18-7-11-15-13(17-16-11)10-6-8(2)5-9(3)12(10)14/h5-6H,4,7,14H2,1-3H3. The van der Waals surface area contributed by atoms with Gasteiger partial charge in [0.15, 0.2) is 5.82 Å². The molecule has 0 saturated heterocycles. The molecular formula is C13H17N3OS. The van der Waals surface area contributed by atoms with Crippen molar-refractivity contribution in [3.8, 4) is 11.5 Å². The molecule has 4 nitrogen and oxygen atoms in total. The molecule has 0 spiro atoms. The first kappa shape index (κ1) is 13.0. The van der Waals surface area contributed by atoms with E-state index in [4.69, 9.17) is 10.3 Å². The summed E-state index contributed by atoms with van der Waals surface area (Å²) in [5, 5.41) is 3.97. The predicted octanol–water partition coefficient (Wildman–Crippen LogP) is 3.19. The molecule has 96 valence electrons. The highest BCUT2D eigenvalue weighted by atomic mass is 32.2. The lowest BCUT2D eigenvalue weighted by Crippen LogP contribution is -1.95. The number of hydrogen-bond acceptors (Lipinski definition) is 5. The van der Waals surface area contributed by atoms with Crippen LogP contribution in [0.1, 0.15) is 23.9 Å². The van der Waals surface area contributed by atoms with Crippen LogP contribution in [0.5, 0.6) is 0 Å². The molecule has 0 aliphatic carbocycles. The highest BCUT2D eigenvalue weighted by Gasteiger charge is 2.13. The molecule has 0 atom stereocenters. The Kier molecular flexibility index (Phi) is 3.91. The first-order valence-corrected chi connectivity index (χ1v) is 7.04. The van der Waals surface area contributed by atoms with Gasteiger partial charge in [-0.3, -0.25) is 0 Å². The molecule has 0 fully saturated rings. The Morgan fingerprint density at radius 1 is 1.33 bits per heavy atom. The monoisotopic (exact) mass is 263 g/mol. The van der Waals surface area contributed by atoms with Gasteiger partial charge in [-0.15, -0.1) is 0 Å². The van der Waals surface area contributed by atoms with Crippen LogP contribution in [0.4, 0.5) is 5.69 Å². The number of nitrogens with zero attached hydrogens (tertiary/aromatic N) is 2. The van der Waals surface area contributed by atoms with Crippen LogP contribution in [0.3, 0.4) is 0 Å². The molecule has 2 rings (SSSR count). The molecule has 2 aromatic rings. The Morgan fingerprint density at radius 3 is 2.83 bits per heavy atom. The highest BCUT2D eigenvalue weighted by molar-refractivity contribution is 7.98. The van der Waals surface area contributed by atoms with Gasteiger partial charge in [-0.05, 0) is 36.8 Å². The van der Waals surface area contributed by atoms with Gasteiger partial charge < -0.3 is 10.3 Å². The summed E-state index contributed by atoms with van der Waals surface area (Å²) in [6.07, 6.45) is 0. The molecule has 18 heavy (non-hydrogen) atoms. The number of aromatic nitrogens is 2. The normalized spacial score (nSPS) is 10.8. The van der Waals surface area contributed by atoms with E-state index in [9.17, 15) is 0 Å². The minimum Gasteiger partial charge on any atom is -0.398 e. The van der Waals surface area contributed by atoms with Crippen molar-refractivity contribution in [2.75, 3.05) is 11.5 Å². The van der Waals surface area contributed by atoms with Gasteiger partial charge in [-0.1, -0.05) is 18.1 Å². The number of hydrogen-bond donors (Lipinski definition) is 1. The number of anilines is 1. The Hall–Kier alpha value is -1.49. The minimum atomic E-state index is 0.506. The maximum absolute atomic E-state index is 6.06. The van der Waals surface area contributed by atoms with Gasteiger partial charge in [0.05, 0.1) is 11.3 Å². The molecule has 0 radical (unpaired) electrons. The molecular weight excluding hydrogens is 246 g/mol. The van der Waals surface area contributed by atoms with E-state index in [0.29, 0.717) is 11.6 Å². The second-order valence-electron chi connectivity index (χ2n) is 4.20. The van der Waals surface area contributed by atoms with Gasteiger partial charge in [-0.2, -0.15) is 16.7 Å². The number of benzene rings is 1. The number of nitrogen functional groups attached to an aromatic ring is 1. The van der Waals surface area contributed by atoms with Gasteiger partial charge >= 0.3 is 0 Å². The zero-order chi connectivity index (χ0) is 13.1. The summed E-state index contributed by atoms with van der Waals surface area (Å²) < 4.78 is 5.28. The van der Waals surface area contributed by atoms with Gasteiger partial charge in [0.2, 0.25) is 0 Å². The van der Waals surface area contributed by atoms with Crippen molar-refractivity contribution >= 4 is 17.4 Å². The zero-order valence-corrected chi connectivity index (χ0v) is 11.7. The van der Waals surface area contributed by atoms with E-state index in [1.807, 2.05) is 26.0 Å². The van der Waals surface area contributed by atoms with Crippen molar-refractivity contribution < 1.29 is 4.52 Å². The smallest absolute Gasteiger partial charge is 0.260 e. The van der Waals surface area contributed by atoms with E-state index in [1.54, 1.807) is 11.8 Å². The van der Waals surface area contributed by atoms with Crippen LogP contribution in [0.25, 0.3) is 11.5 Å². The molecule has 1 aromatic carbocycles. The molecule has 0 saturated carbocycles. The van der Waals surface area contributed by atoms with Crippen LogP contribution >= 0.6 is 11.8 Å². The van der Waals surface area contributed by atoms with E-state index < -0.39 is 0 Å². The lowest BCUT2D eigenvalue weighted by Gasteiger charge is -2.06. The fraction of sp³-hybridized carbons (Fsp3) is 0.385. The van der Waals surface area contributed by atoms with Crippen molar-refractivity contribution in [2.45, 2.75) is 26.5 Å². The summed E-state index contributed by atoms with van der Waals surface area (Å²) in [5.74, 6) is 3.03. The second-order valence-corrected chi connectivity index (χ2v) is 5.47. The van der Waals surface area contributed by atoms with Crippen molar-refractivity contribution in [3.05, 3.63) is 29.1 Å². The maximum atomic E-state index is 6.06. The predicted molar refractivity (Wildman–Crippen MR) is 75.5 cm³/mol. The third kappa shape index (κ3) is 2.67. The van der Waals surface area contributed by atoms with E-state index in [-0.39, 0.29) is 0 Å². The molecule has 0 aliphatic rings. The Bertz CT molecular complexity index is 551. The maximum Gasteiger partial charge on any atom is 0.260 e. The second kappa shape index (κ2) is 5.44. The van der Waals surface area contributed by atoms with E-state index in [2.05, 4.69) is 17.1 Å². The summed E-state index contributed by atoms with van der Waals surface area (Å²) in [5.41, 5.74) is 9.77. The third-order valence-electron chi connectivity index (χ3n) is 2.66. The van der Waals surface area contributed by atoms with E-state index >= 15 is 0 Å². The van der Waals surface area contributed by atoms with E-state index in [1.165, 1.54) is 0 Å². The molecule has 1 aromatic heterocycles. The number of rotatable bonds is 4. The lowest BCUT2D eigenvalue weighted by atomic mass is 10.0. The fourth-order valence-electron chi connectivity index (χ4n) is 1.77. The van der Waals surface area contributed by atoms with Crippen molar-refractivity contribution in [1.82, 2.24) is 10.1 Å². The topological polar surface area (TPSA) is 64.9 Å². The van der Waals surface area contributed by atoms with Gasteiger partial charge in [0.25, 0.3) is 5.89 Å². The highest BCUT2D eigenvalue weighted by Crippen LogP contribution is 2.28. The van der Waals surface area contributed by atoms with Crippen LogP contribution in [0.15, 0.2) is 16.7 Å². The summed E-state index contributed by atoms with van der Waals surface area (Å²) in [6.45, 7) is 6.11. The van der Waals surface area contributed by atoms with Crippen LogP contribution < -0.4 is 5.73 Å². The van der Waals surface area contributed by atoms with Crippen molar-refractivity contribution in [3.63, 3.8) is 0 Å². The fourth-order valence-corrected chi connectivity index (χ4v) is 2.27. The Balaban J connectivity index is 2.34. The zero-order valence-electron chi connectivity index (χ0n) is 10.9. The first-order chi connectivity index (χ1) is 8.61. The molecule has 0 bridgehead atoms. The van der Waals surface area contributed by atoms with Crippen molar-refractivity contribution in [1.29, 1.82) is 0 Å². The summed E-state index contributed by atoms with van der Waals surface area (Å²) in [7, 11) is 0. The van der Waals surface area contributed by atoms with Crippen LogP contribution in [-0.4, -0.2) is 15.9 Å². The van der Waals surface area contributed by atoms with Gasteiger partial charge in [0.1, 0.15) is 0 Å². The summed E-state index contributed by atoms with van der Waals surface area (Å²) in [6, 6.07) is 4.02. The summed E-state index contributed by atoms with van der Waals surface area (Å²) in [4.78, 5) is 4.38. The largest absolute Gasteiger partial charge is 0.398 e. The van der Waals surface area contributed by atoms with Gasteiger partial charge in [0, 0.05) is 5.69 Å².